The van der Waals surface area contributed by atoms with Gasteiger partial charge in [-0.3, -0.25) is 0 Å². The van der Waals surface area contributed by atoms with Crippen LogP contribution in [0.25, 0.3) is 10.9 Å². The van der Waals surface area contributed by atoms with Crippen molar-refractivity contribution in [3.05, 3.63) is 34.4 Å². The van der Waals surface area contributed by atoms with Crippen LogP contribution in [0.15, 0.2) is 28.9 Å². The summed E-state index contributed by atoms with van der Waals surface area (Å²) in [5, 5.41) is 10.4. The van der Waals surface area contributed by atoms with E-state index in [1.165, 1.54) is 0 Å². The number of hydrogen-bond acceptors (Lipinski definition) is 2. The average molecular weight is 238 g/mol. The zero-order valence-electron chi connectivity index (χ0n) is 7.08. The second-order valence-electron chi connectivity index (χ2n) is 2.99. The number of halogens is 1. The van der Waals surface area contributed by atoms with Crippen molar-refractivity contribution < 1.29 is 5.11 Å². The Labute approximate surface area is 84.4 Å². The highest BCUT2D eigenvalue weighted by Gasteiger charge is 2.01. The molecule has 66 valence electrons. The lowest BCUT2D eigenvalue weighted by Crippen LogP contribution is -1.82. The Morgan fingerprint density at radius 3 is 2.85 bits per heavy atom. The number of aromatic nitrogens is 1. The Balaban J connectivity index is 2.81. The van der Waals surface area contributed by atoms with Gasteiger partial charge in [0.15, 0.2) is 0 Å². The highest BCUT2D eigenvalue weighted by Crippen LogP contribution is 2.26. The number of aryl methyl sites for hydroxylation is 1. The molecule has 1 heterocycles. The van der Waals surface area contributed by atoms with Crippen LogP contribution >= 0.6 is 15.9 Å². The van der Waals surface area contributed by atoms with E-state index < -0.39 is 0 Å². The molecule has 0 fully saturated rings. The molecule has 1 aromatic carbocycles. The maximum Gasteiger partial charge on any atom is 0.148 e. The number of rotatable bonds is 0. The van der Waals surface area contributed by atoms with Crippen LogP contribution in [0.3, 0.4) is 0 Å². The third-order valence-electron chi connectivity index (χ3n) is 1.91. The predicted molar refractivity (Wildman–Crippen MR) is 55.8 cm³/mol. The predicted octanol–water partition coefficient (Wildman–Crippen LogP) is 3.01. The quantitative estimate of drug-likeness (QED) is 0.715. The summed E-state index contributed by atoms with van der Waals surface area (Å²) in [5.41, 5.74) is 2.05. The van der Waals surface area contributed by atoms with E-state index in [9.17, 15) is 5.11 Å². The van der Waals surface area contributed by atoms with E-state index in [0.717, 1.165) is 16.5 Å². The summed E-state index contributed by atoms with van der Waals surface area (Å²) in [5.74, 6) is 0.179. The SMILES string of the molecule is Cc1ccc2nc(Br)c(O)cc2c1. The first-order valence-electron chi connectivity index (χ1n) is 3.93. The van der Waals surface area contributed by atoms with Crippen LogP contribution in [0.1, 0.15) is 5.56 Å². The van der Waals surface area contributed by atoms with Crippen molar-refractivity contribution in [1.29, 1.82) is 0 Å². The smallest absolute Gasteiger partial charge is 0.148 e. The molecule has 0 saturated heterocycles. The lowest BCUT2D eigenvalue weighted by molar-refractivity contribution is 0.470. The first-order valence-corrected chi connectivity index (χ1v) is 4.72. The molecule has 2 aromatic rings. The summed E-state index contributed by atoms with van der Waals surface area (Å²) in [6.07, 6.45) is 0. The van der Waals surface area contributed by atoms with E-state index in [2.05, 4.69) is 20.9 Å². The molecule has 2 rings (SSSR count). The van der Waals surface area contributed by atoms with Crippen molar-refractivity contribution >= 4 is 26.8 Å². The van der Waals surface area contributed by atoms with E-state index in [-0.39, 0.29) is 5.75 Å². The second-order valence-corrected chi connectivity index (χ2v) is 3.75. The molecule has 0 saturated carbocycles. The van der Waals surface area contributed by atoms with E-state index in [1.807, 2.05) is 25.1 Å². The number of fused-ring (bicyclic) bond motifs is 1. The maximum absolute atomic E-state index is 9.40. The normalized spacial score (nSPS) is 10.6. The topological polar surface area (TPSA) is 33.1 Å². The van der Waals surface area contributed by atoms with Crippen molar-refractivity contribution in [3.63, 3.8) is 0 Å². The highest BCUT2D eigenvalue weighted by molar-refractivity contribution is 9.10. The fraction of sp³-hybridized carbons (Fsp3) is 0.100. The van der Waals surface area contributed by atoms with Gasteiger partial charge in [-0.1, -0.05) is 11.6 Å². The van der Waals surface area contributed by atoms with Crippen molar-refractivity contribution in [2.24, 2.45) is 0 Å². The van der Waals surface area contributed by atoms with Gasteiger partial charge in [0.25, 0.3) is 0 Å². The fourth-order valence-corrected chi connectivity index (χ4v) is 1.57. The minimum atomic E-state index is 0.179. The molecule has 0 aliphatic carbocycles. The zero-order chi connectivity index (χ0) is 9.42. The molecule has 13 heavy (non-hydrogen) atoms. The monoisotopic (exact) mass is 237 g/mol. The molecule has 1 N–H and O–H groups in total. The van der Waals surface area contributed by atoms with Gasteiger partial charge in [-0.25, -0.2) is 4.98 Å². The van der Waals surface area contributed by atoms with Crippen LogP contribution < -0.4 is 0 Å². The highest BCUT2D eigenvalue weighted by atomic mass is 79.9. The number of aromatic hydroxyl groups is 1. The average Bonchev–Trinajstić information content (AvgIpc) is 2.08. The summed E-state index contributed by atoms with van der Waals surface area (Å²) < 4.78 is 0.490. The van der Waals surface area contributed by atoms with Crippen LogP contribution in [0, 0.1) is 6.92 Å². The van der Waals surface area contributed by atoms with Crippen molar-refractivity contribution in [1.82, 2.24) is 4.98 Å². The van der Waals surface area contributed by atoms with Crippen molar-refractivity contribution in [2.45, 2.75) is 6.92 Å². The molecule has 0 amide bonds. The van der Waals surface area contributed by atoms with Gasteiger partial charge in [-0.05, 0) is 41.1 Å². The maximum atomic E-state index is 9.40. The number of nitrogens with zero attached hydrogens (tertiary/aromatic N) is 1. The summed E-state index contributed by atoms with van der Waals surface area (Å²) >= 11 is 3.17. The summed E-state index contributed by atoms with van der Waals surface area (Å²) in [7, 11) is 0. The number of hydrogen-bond donors (Lipinski definition) is 1. The molecule has 1 aromatic heterocycles. The van der Waals surface area contributed by atoms with Gasteiger partial charge in [0, 0.05) is 5.39 Å². The van der Waals surface area contributed by atoms with E-state index in [4.69, 9.17) is 0 Å². The lowest BCUT2D eigenvalue weighted by Gasteiger charge is -2.01. The minimum absolute atomic E-state index is 0.179. The molecular formula is C10H8BrNO. The Bertz CT molecular complexity index is 468. The van der Waals surface area contributed by atoms with Gasteiger partial charge >= 0.3 is 0 Å². The number of pyridine rings is 1. The molecular weight excluding hydrogens is 230 g/mol. The molecule has 0 bridgehead atoms. The molecule has 0 aliphatic heterocycles. The minimum Gasteiger partial charge on any atom is -0.505 e. The largest absolute Gasteiger partial charge is 0.505 e. The first kappa shape index (κ1) is 8.51. The second kappa shape index (κ2) is 3.00. The van der Waals surface area contributed by atoms with E-state index in [0.29, 0.717) is 4.60 Å². The van der Waals surface area contributed by atoms with E-state index in [1.54, 1.807) is 6.07 Å². The Hall–Kier alpha value is -1.09. The van der Waals surface area contributed by atoms with Crippen LogP contribution in [-0.2, 0) is 0 Å². The van der Waals surface area contributed by atoms with E-state index >= 15 is 0 Å². The molecule has 0 aliphatic rings. The third kappa shape index (κ3) is 1.52. The summed E-state index contributed by atoms with van der Waals surface area (Å²) in [4.78, 5) is 4.18. The fourth-order valence-electron chi connectivity index (χ4n) is 1.26. The van der Waals surface area contributed by atoms with Gasteiger partial charge < -0.3 is 5.11 Å². The Kier molecular flexibility index (Phi) is 1.96. The van der Waals surface area contributed by atoms with Crippen molar-refractivity contribution in [3.8, 4) is 5.75 Å². The molecule has 2 nitrogen and oxygen atoms in total. The summed E-state index contributed by atoms with van der Waals surface area (Å²) in [6.45, 7) is 2.01. The Morgan fingerprint density at radius 1 is 1.31 bits per heavy atom. The van der Waals surface area contributed by atoms with Crippen LogP contribution in [0.2, 0.25) is 0 Å². The molecule has 0 unspecified atom stereocenters. The molecule has 0 radical (unpaired) electrons. The van der Waals surface area contributed by atoms with Crippen LogP contribution in [0.4, 0.5) is 0 Å². The first-order chi connectivity index (χ1) is 6.16. The zero-order valence-corrected chi connectivity index (χ0v) is 8.67. The molecule has 0 spiro atoms. The molecule has 3 heteroatoms. The number of benzene rings is 1. The van der Waals surface area contributed by atoms with Crippen molar-refractivity contribution in [2.75, 3.05) is 0 Å². The molecule has 0 atom stereocenters. The van der Waals surface area contributed by atoms with Gasteiger partial charge in [-0.15, -0.1) is 0 Å². The summed E-state index contributed by atoms with van der Waals surface area (Å²) in [6, 6.07) is 7.64. The van der Waals surface area contributed by atoms with Crippen LogP contribution in [0.5, 0.6) is 5.75 Å². The lowest BCUT2D eigenvalue weighted by atomic mass is 10.1. The third-order valence-corrected chi connectivity index (χ3v) is 2.49. The van der Waals surface area contributed by atoms with Gasteiger partial charge in [0.05, 0.1) is 5.52 Å². The van der Waals surface area contributed by atoms with Gasteiger partial charge in [-0.2, -0.15) is 0 Å². The van der Waals surface area contributed by atoms with Gasteiger partial charge in [0.2, 0.25) is 0 Å². The van der Waals surface area contributed by atoms with Gasteiger partial charge in [0.1, 0.15) is 10.4 Å². The Morgan fingerprint density at radius 2 is 2.08 bits per heavy atom. The van der Waals surface area contributed by atoms with Crippen LogP contribution in [-0.4, -0.2) is 10.1 Å². The standard InChI is InChI=1S/C10H8BrNO/c1-6-2-3-8-7(4-6)5-9(13)10(11)12-8/h2-5,13H,1H3.